The molecule has 1 atom stereocenters. The number of nitrogens with zero attached hydrogens (tertiary/aromatic N) is 7. The highest BCUT2D eigenvalue weighted by Crippen LogP contribution is 2.31. The topological polar surface area (TPSA) is 112 Å². The van der Waals surface area contributed by atoms with Crippen LogP contribution in [0.1, 0.15) is 22.8 Å². The van der Waals surface area contributed by atoms with Crippen molar-refractivity contribution in [3.8, 4) is 11.6 Å². The molecule has 0 saturated carbocycles. The minimum atomic E-state index is -0.0650. The Balaban J connectivity index is 1.41. The maximum Gasteiger partial charge on any atom is 0.269 e. The number of pyridine rings is 3. The first kappa shape index (κ1) is 23.2. The van der Waals surface area contributed by atoms with Gasteiger partial charge in [0.2, 0.25) is 5.88 Å². The first-order chi connectivity index (χ1) is 17.4. The average Bonchev–Trinajstić information content (AvgIpc) is 3.26. The first-order valence-electron chi connectivity index (χ1n) is 11.4. The molecule has 1 N–H and O–H groups in total. The standard InChI is InChI=1S/C25H24N8O3/c1-15-9-21(26-3)28-12-19(15)36-22-10-18(23-24(31-22)32(4)14-29-23)30-20-6-5-17(11-27-20)25(34)33-7-8-35-13-16(33)2/h5-6,9-12,14,16H,7-8,13H2,1-2,4H3,(H,27,30,31)/t16-/m0/s1. The van der Waals surface area contributed by atoms with Crippen molar-refractivity contribution < 1.29 is 14.3 Å². The SMILES string of the molecule is [C-]#[N+]c1cc(C)c(Oc2cc(Nc3ccc(C(=O)N4CCOC[C@@H]4C)cn3)c3ncn(C)c3n2)cn1. The number of hydrogen-bond acceptors (Lipinski definition) is 8. The van der Waals surface area contributed by atoms with Crippen molar-refractivity contribution in [3.63, 3.8) is 0 Å². The van der Waals surface area contributed by atoms with Crippen molar-refractivity contribution in [1.29, 1.82) is 0 Å². The zero-order valence-electron chi connectivity index (χ0n) is 20.1. The molecular formula is C25H24N8O3. The average molecular weight is 485 g/mol. The van der Waals surface area contributed by atoms with E-state index in [1.165, 1.54) is 6.20 Å². The van der Waals surface area contributed by atoms with Crippen molar-refractivity contribution in [2.45, 2.75) is 19.9 Å². The van der Waals surface area contributed by atoms with Gasteiger partial charge in [-0.3, -0.25) is 4.79 Å². The molecule has 0 spiro atoms. The van der Waals surface area contributed by atoms with E-state index in [2.05, 4.69) is 30.1 Å². The summed E-state index contributed by atoms with van der Waals surface area (Å²) in [5.74, 6) is 1.62. The Hall–Kier alpha value is -4.56. The van der Waals surface area contributed by atoms with Crippen molar-refractivity contribution in [2.75, 3.05) is 25.1 Å². The predicted molar refractivity (Wildman–Crippen MR) is 133 cm³/mol. The van der Waals surface area contributed by atoms with E-state index in [1.807, 2.05) is 20.9 Å². The molecule has 0 bridgehead atoms. The van der Waals surface area contributed by atoms with Crippen molar-refractivity contribution in [2.24, 2.45) is 7.05 Å². The van der Waals surface area contributed by atoms with E-state index in [0.29, 0.717) is 65.4 Å². The number of carbonyl (C=O) groups excluding carboxylic acids is 1. The van der Waals surface area contributed by atoms with Gasteiger partial charge in [0.1, 0.15) is 11.3 Å². The highest BCUT2D eigenvalue weighted by molar-refractivity contribution is 5.94. The summed E-state index contributed by atoms with van der Waals surface area (Å²) in [4.78, 5) is 35.6. The minimum Gasteiger partial charge on any atom is -0.435 e. The number of fused-ring (bicyclic) bond motifs is 1. The number of imidazole rings is 1. The van der Waals surface area contributed by atoms with Crippen LogP contribution >= 0.6 is 0 Å². The molecule has 11 nitrogen and oxygen atoms in total. The Morgan fingerprint density at radius 2 is 2.11 bits per heavy atom. The molecule has 1 aliphatic rings. The molecule has 1 aliphatic heterocycles. The van der Waals surface area contributed by atoms with Gasteiger partial charge in [0.25, 0.3) is 11.7 Å². The third-order valence-electron chi connectivity index (χ3n) is 5.92. The molecule has 4 aromatic rings. The van der Waals surface area contributed by atoms with Crippen LogP contribution in [0, 0.1) is 13.5 Å². The van der Waals surface area contributed by atoms with Crippen LogP contribution in [0.25, 0.3) is 16.0 Å². The molecule has 1 saturated heterocycles. The Labute approximate surface area is 207 Å². The van der Waals surface area contributed by atoms with Crippen LogP contribution in [0.5, 0.6) is 11.6 Å². The van der Waals surface area contributed by atoms with E-state index < -0.39 is 0 Å². The Morgan fingerprint density at radius 3 is 2.83 bits per heavy atom. The van der Waals surface area contributed by atoms with E-state index in [4.69, 9.17) is 16.0 Å². The molecule has 11 heteroatoms. The second-order valence-electron chi connectivity index (χ2n) is 8.54. The normalized spacial score (nSPS) is 15.5. The second-order valence-corrected chi connectivity index (χ2v) is 8.54. The fourth-order valence-electron chi connectivity index (χ4n) is 3.96. The summed E-state index contributed by atoms with van der Waals surface area (Å²) >= 11 is 0. The number of anilines is 2. The monoisotopic (exact) mass is 484 g/mol. The van der Waals surface area contributed by atoms with Gasteiger partial charge in [0.15, 0.2) is 17.6 Å². The number of morpholine rings is 1. The lowest BCUT2D eigenvalue weighted by Crippen LogP contribution is -2.47. The number of aromatic nitrogens is 5. The molecule has 1 amide bonds. The van der Waals surface area contributed by atoms with Gasteiger partial charge >= 0.3 is 0 Å². The third kappa shape index (κ3) is 4.54. The summed E-state index contributed by atoms with van der Waals surface area (Å²) in [6.07, 6.45) is 4.75. The number of ether oxygens (including phenoxy) is 2. The molecular weight excluding hydrogens is 460 g/mol. The summed E-state index contributed by atoms with van der Waals surface area (Å²) in [6, 6.07) is 6.92. The molecule has 5 rings (SSSR count). The van der Waals surface area contributed by atoms with Gasteiger partial charge < -0.3 is 29.1 Å². The summed E-state index contributed by atoms with van der Waals surface area (Å²) in [5, 5.41) is 3.27. The zero-order chi connectivity index (χ0) is 25.2. The summed E-state index contributed by atoms with van der Waals surface area (Å²) in [6.45, 7) is 12.6. The van der Waals surface area contributed by atoms with Crippen molar-refractivity contribution >= 4 is 34.4 Å². The summed E-state index contributed by atoms with van der Waals surface area (Å²) in [5.41, 5.74) is 3.20. The van der Waals surface area contributed by atoms with Crippen LogP contribution in [0.3, 0.4) is 0 Å². The summed E-state index contributed by atoms with van der Waals surface area (Å²) in [7, 11) is 1.85. The van der Waals surface area contributed by atoms with E-state index >= 15 is 0 Å². The maximum absolute atomic E-state index is 12.9. The largest absolute Gasteiger partial charge is 0.435 e. The third-order valence-corrected chi connectivity index (χ3v) is 5.92. The number of aryl methyl sites for hydroxylation is 2. The maximum atomic E-state index is 12.9. The molecule has 0 aliphatic carbocycles. The fourth-order valence-corrected chi connectivity index (χ4v) is 3.96. The lowest BCUT2D eigenvalue weighted by Gasteiger charge is -2.33. The number of nitrogens with one attached hydrogen (secondary N) is 1. The van der Waals surface area contributed by atoms with Gasteiger partial charge in [-0.15, -0.1) is 4.98 Å². The Kier molecular flexibility index (Phi) is 6.18. The smallest absolute Gasteiger partial charge is 0.269 e. The number of carbonyl (C=O) groups is 1. The van der Waals surface area contributed by atoms with E-state index in [0.717, 1.165) is 5.56 Å². The Morgan fingerprint density at radius 1 is 1.25 bits per heavy atom. The van der Waals surface area contributed by atoms with Crippen LogP contribution in [-0.4, -0.2) is 61.1 Å². The van der Waals surface area contributed by atoms with Crippen molar-refractivity contribution in [3.05, 3.63) is 65.5 Å². The summed E-state index contributed by atoms with van der Waals surface area (Å²) < 4.78 is 13.2. The lowest BCUT2D eigenvalue weighted by molar-refractivity contribution is 0.00357. The van der Waals surface area contributed by atoms with Gasteiger partial charge in [0, 0.05) is 25.9 Å². The second kappa shape index (κ2) is 9.59. The highest BCUT2D eigenvalue weighted by Gasteiger charge is 2.25. The zero-order valence-corrected chi connectivity index (χ0v) is 20.1. The van der Waals surface area contributed by atoms with Crippen LogP contribution in [0.2, 0.25) is 0 Å². The molecule has 0 aromatic carbocycles. The molecule has 36 heavy (non-hydrogen) atoms. The quantitative estimate of drug-likeness (QED) is 0.423. The van der Waals surface area contributed by atoms with Crippen LogP contribution in [-0.2, 0) is 11.8 Å². The number of rotatable bonds is 5. The number of hydrogen-bond donors (Lipinski definition) is 1. The lowest BCUT2D eigenvalue weighted by atomic mass is 10.2. The van der Waals surface area contributed by atoms with Gasteiger partial charge in [-0.2, -0.15) is 4.98 Å². The first-order valence-corrected chi connectivity index (χ1v) is 11.4. The van der Waals surface area contributed by atoms with Gasteiger partial charge in [-0.05, 0) is 37.6 Å². The molecule has 4 aromatic heterocycles. The van der Waals surface area contributed by atoms with Gasteiger partial charge in [-0.1, -0.05) is 6.57 Å². The number of amides is 1. The Bertz CT molecular complexity index is 1480. The fraction of sp³-hybridized carbons (Fsp3) is 0.280. The van der Waals surface area contributed by atoms with Crippen molar-refractivity contribution in [1.82, 2.24) is 29.4 Å². The minimum absolute atomic E-state index is 0.0214. The molecule has 5 heterocycles. The van der Waals surface area contributed by atoms with Crippen LogP contribution < -0.4 is 10.1 Å². The molecule has 1 fully saturated rings. The van der Waals surface area contributed by atoms with E-state index in [9.17, 15) is 4.79 Å². The van der Waals surface area contributed by atoms with Gasteiger partial charge in [0.05, 0.1) is 36.8 Å². The van der Waals surface area contributed by atoms with E-state index in [-0.39, 0.29) is 11.9 Å². The molecule has 182 valence electrons. The van der Waals surface area contributed by atoms with Crippen LogP contribution in [0.4, 0.5) is 17.3 Å². The predicted octanol–water partition coefficient (Wildman–Crippen LogP) is 4.01. The van der Waals surface area contributed by atoms with Gasteiger partial charge in [-0.25, -0.2) is 9.97 Å². The van der Waals surface area contributed by atoms with Crippen LogP contribution in [0.15, 0.2) is 43.0 Å². The highest BCUT2D eigenvalue weighted by atomic mass is 16.5. The molecule has 0 unspecified atom stereocenters. The van der Waals surface area contributed by atoms with E-state index in [1.54, 1.807) is 46.3 Å². The molecule has 0 radical (unpaired) electrons.